The number of nitrogens with one attached hydrogen (secondary N) is 1. The number of rotatable bonds is 2. The van der Waals surface area contributed by atoms with Gasteiger partial charge in [-0.05, 0) is 31.0 Å². The Hall–Kier alpha value is -1.56. The fraction of sp³-hybridized carbons (Fsp3) is 0.462. The molecule has 0 bridgehead atoms. The molecule has 0 spiro atoms. The van der Waals surface area contributed by atoms with Gasteiger partial charge in [-0.2, -0.15) is 13.2 Å². The van der Waals surface area contributed by atoms with Gasteiger partial charge < -0.3 is 4.74 Å². The van der Waals surface area contributed by atoms with Gasteiger partial charge in [0.05, 0.1) is 12.7 Å². The van der Waals surface area contributed by atoms with Crippen LogP contribution in [0.15, 0.2) is 24.3 Å². The molecule has 1 N–H and O–H groups in total. The van der Waals surface area contributed by atoms with Gasteiger partial charge in [0.15, 0.2) is 0 Å². The highest BCUT2D eigenvalue weighted by Gasteiger charge is 2.48. The molecule has 1 aliphatic heterocycles. The summed E-state index contributed by atoms with van der Waals surface area (Å²) >= 11 is 0. The lowest BCUT2D eigenvalue weighted by atomic mass is 9.85. The number of alkyl halides is 3. The highest BCUT2D eigenvalue weighted by molar-refractivity contribution is 5.83. The average Bonchev–Trinajstić information content (AvgIpc) is 2.87. The quantitative estimate of drug-likeness (QED) is 0.841. The maximum Gasteiger partial charge on any atom is 0.416 e. The summed E-state index contributed by atoms with van der Waals surface area (Å²) < 4.78 is 43.9. The van der Waals surface area contributed by atoms with Crippen LogP contribution in [0.3, 0.4) is 0 Å². The first kappa shape index (κ1) is 13.9. The SMILES string of the molecule is COC(=O)C1(c2ccccc2C(F)(F)F)CCCN1. The minimum Gasteiger partial charge on any atom is -0.467 e. The zero-order valence-corrected chi connectivity index (χ0v) is 10.4. The van der Waals surface area contributed by atoms with Gasteiger partial charge in [-0.1, -0.05) is 18.2 Å². The second-order valence-corrected chi connectivity index (χ2v) is 4.47. The molecule has 0 saturated carbocycles. The van der Waals surface area contributed by atoms with Crippen molar-refractivity contribution >= 4 is 5.97 Å². The molecule has 104 valence electrons. The molecule has 0 amide bonds. The van der Waals surface area contributed by atoms with Crippen molar-refractivity contribution in [1.29, 1.82) is 0 Å². The number of halogens is 3. The number of methoxy groups -OCH3 is 1. The molecule has 1 unspecified atom stereocenters. The summed E-state index contributed by atoms with van der Waals surface area (Å²) in [7, 11) is 1.18. The smallest absolute Gasteiger partial charge is 0.416 e. The zero-order valence-electron chi connectivity index (χ0n) is 10.4. The molecule has 0 aliphatic carbocycles. The van der Waals surface area contributed by atoms with Crippen molar-refractivity contribution in [2.24, 2.45) is 0 Å². The van der Waals surface area contributed by atoms with Crippen LogP contribution >= 0.6 is 0 Å². The molecule has 1 fully saturated rings. The molecule has 19 heavy (non-hydrogen) atoms. The van der Waals surface area contributed by atoms with Crippen LogP contribution in [0.1, 0.15) is 24.0 Å². The zero-order chi connectivity index (χ0) is 14.1. The number of benzene rings is 1. The molecular weight excluding hydrogens is 259 g/mol. The highest BCUT2D eigenvalue weighted by atomic mass is 19.4. The predicted octanol–water partition coefficient (Wildman–Crippen LogP) is 2.46. The number of carbonyl (C=O) groups is 1. The Morgan fingerprint density at radius 2 is 2.05 bits per heavy atom. The predicted molar refractivity (Wildman–Crippen MR) is 62.4 cm³/mol. The normalized spacial score (nSPS) is 23.4. The van der Waals surface area contributed by atoms with Crippen molar-refractivity contribution in [2.75, 3.05) is 13.7 Å². The van der Waals surface area contributed by atoms with Crippen LogP contribution in [0.2, 0.25) is 0 Å². The Labute approximate surface area is 108 Å². The molecule has 0 radical (unpaired) electrons. The summed E-state index contributed by atoms with van der Waals surface area (Å²) in [4.78, 5) is 12.0. The Morgan fingerprint density at radius 1 is 1.37 bits per heavy atom. The van der Waals surface area contributed by atoms with E-state index in [0.717, 1.165) is 6.07 Å². The van der Waals surface area contributed by atoms with Crippen LogP contribution in [-0.2, 0) is 21.2 Å². The van der Waals surface area contributed by atoms with Gasteiger partial charge in [-0.3, -0.25) is 5.32 Å². The van der Waals surface area contributed by atoms with E-state index in [1.54, 1.807) is 0 Å². The van der Waals surface area contributed by atoms with Gasteiger partial charge >= 0.3 is 12.1 Å². The summed E-state index contributed by atoms with van der Waals surface area (Å²) in [5.74, 6) is -0.679. The van der Waals surface area contributed by atoms with E-state index < -0.39 is 23.2 Å². The Morgan fingerprint density at radius 3 is 2.58 bits per heavy atom. The maximum absolute atomic E-state index is 13.1. The van der Waals surface area contributed by atoms with E-state index in [1.807, 2.05) is 0 Å². The summed E-state index contributed by atoms with van der Waals surface area (Å²) in [6, 6.07) is 5.12. The lowest BCUT2D eigenvalue weighted by Gasteiger charge is -2.29. The second-order valence-electron chi connectivity index (χ2n) is 4.47. The third kappa shape index (κ3) is 2.32. The summed E-state index contributed by atoms with van der Waals surface area (Å²) in [5, 5.41) is 2.88. The van der Waals surface area contributed by atoms with Crippen molar-refractivity contribution in [3.63, 3.8) is 0 Å². The number of hydrogen-bond donors (Lipinski definition) is 1. The first-order chi connectivity index (χ1) is 8.92. The first-order valence-corrected chi connectivity index (χ1v) is 5.92. The van der Waals surface area contributed by atoms with Crippen molar-refractivity contribution in [1.82, 2.24) is 5.32 Å². The second kappa shape index (κ2) is 4.85. The number of carbonyl (C=O) groups excluding carboxylic acids is 1. The molecule has 1 atom stereocenters. The summed E-state index contributed by atoms with van der Waals surface area (Å²) in [6.07, 6.45) is -3.57. The van der Waals surface area contributed by atoms with Gasteiger partial charge in [0, 0.05) is 0 Å². The molecule has 1 aliphatic rings. The van der Waals surface area contributed by atoms with Crippen molar-refractivity contribution in [3.05, 3.63) is 35.4 Å². The minimum atomic E-state index is -4.50. The van der Waals surface area contributed by atoms with Crippen LogP contribution in [0.5, 0.6) is 0 Å². The van der Waals surface area contributed by atoms with E-state index in [0.29, 0.717) is 19.4 Å². The Bertz CT molecular complexity index is 479. The lowest BCUT2D eigenvalue weighted by molar-refractivity contribution is -0.150. The lowest BCUT2D eigenvalue weighted by Crippen LogP contribution is -2.46. The van der Waals surface area contributed by atoms with Gasteiger partial charge in [-0.25, -0.2) is 4.79 Å². The molecule has 1 saturated heterocycles. The molecule has 2 rings (SSSR count). The first-order valence-electron chi connectivity index (χ1n) is 5.92. The largest absolute Gasteiger partial charge is 0.467 e. The van der Waals surface area contributed by atoms with Gasteiger partial charge in [0.1, 0.15) is 5.54 Å². The topological polar surface area (TPSA) is 38.3 Å². The van der Waals surface area contributed by atoms with Crippen LogP contribution in [0, 0.1) is 0 Å². The monoisotopic (exact) mass is 273 g/mol. The van der Waals surface area contributed by atoms with Gasteiger partial charge in [-0.15, -0.1) is 0 Å². The van der Waals surface area contributed by atoms with Crippen LogP contribution in [-0.4, -0.2) is 19.6 Å². The molecule has 1 heterocycles. The van der Waals surface area contributed by atoms with Gasteiger partial charge in [0.25, 0.3) is 0 Å². The van der Waals surface area contributed by atoms with Crippen LogP contribution < -0.4 is 5.32 Å². The highest BCUT2D eigenvalue weighted by Crippen LogP contribution is 2.40. The van der Waals surface area contributed by atoms with E-state index in [4.69, 9.17) is 4.74 Å². The van der Waals surface area contributed by atoms with Crippen LogP contribution in [0.25, 0.3) is 0 Å². The average molecular weight is 273 g/mol. The molecule has 6 heteroatoms. The molecule has 3 nitrogen and oxygen atoms in total. The number of hydrogen-bond acceptors (Lipinski definition) is 3. The third-order valence-electron chi connectivity index (χ3n) is 3.38. The fourth-order valence-electron chi connectivity index (χ4n) is 2.53. The number of ether oxygens (including phenoxy) is 1. The standard InChI is InChI=1S/C13H14F3NO2/c1-19-11(18)12(7-4-8-17-12)9-5-2-3-6-10(9)13(14,15)16/h2-3,5-6,17H,4,7-8H2,1H3. The fourth-order valence-corrected chi connectivity index (χ4v) is 2.53. The van der Waals surface area contributed by atoms with Crippen LogP contribution in [0.4, 0.5) is 13.2 Å². The van der Waals surface area contributed by atoms with E-state index in [2.05, 4.69) is 5.32 Å². The molecule has 0 aromatic heterocycles. The summed E-state index contributed by atoms with van der Waals surface area (Å²) in [6.45, 7) is 0.487. The van der Waals surface area contributed by atoms with Crippen molar-refractivity contribution in [2.45, 2.75) is 24.6 Å². The van der Waals surface area contributed by atoms with E-state index >= 15 is 0 Å². The van der Waals surface area contributed by atoms with Gasteiger partial charge in [0.2, 0.25) is 0 Å². The summed E-state index contributed by atoms with van der Waals surface area (Å²) in [5.41, 5.74) is -2.25. The Balaban J connectivity index is 2.58. The Kier molecular flexibility index (Phi) is 3.54. The molecular formula is C13H14F3NO2. The van der Waals surface area contributed by atoms with E-state index in [1.165, 1.54) is 25.3 Å². The van der Waals surface area contributed by atoms with Crippen molar-refractivity contribution < 1.29 is 22.7 Å². The van der Waals surface area contributed by atoms with E-state index in [-0.39, 0.29) is 5.56 Å². The van der Waals surface area contributed by atoms with E-state index in [9.17, 15) is 18.0 Å². The minimum absolute atomic E-state index is 0.0631. The maximum atomic E-state index is 13.1. The molecule has 1 aromatic carbocycles. The number of esters is 1. The van der Waals surface area contributed by atoms with Crippen molar-refractivity contribution in [3.8, 4) is 0 Å². The third-order valence-corrected chi connectivity index (χ3v) is 3.38. The molecule has 1 aromatic rings.